The molecular formula is C16H24N2O. The zero-order valence-electron chi connectivity index (χ0n) is 12.1. The third-order valence-corrected chi connectivity index (χ3v) is 3.93. The predicted molar refractivity (Wildman–Crippen MR) is 79.6 cm³/mol. The molecule has 0 aromatic heterocycles. The summed E-state index contributed by atoms with van der Waals surface area (Å²) in [6, 6.07) is 8.49. The highest BCUT2D eigenvalue weighted by molar-refractivity contribution is 5.32. The van der Waals surface area contributed by atoms with E-state index in [1.807, 2.05) is 12.1 Å². The van der Waals surface area contributed by atoms with E-state index in [4.69, 9.17) is 10.5 Å². The first-order chi connectivity index (χ1) is 9.13. The van der Waals surface area contributed by atoms with Crippen LogP contribution in [0.5, 0.6) is 5.75 Å². The van der Waals surface area contributed by atoms with Gasteiger partial charge in [0.05, 0.1) is 7.11 Å². The lowest BCUT2D eigenvalue weighted by Gasteiger charge is -2.16. The van der Waals surface area contributed by atoms with Crippen molar-refractivity contribution in [2.45, 2.75) is 25.8 Å². The molecule has 0 unspecified atom stereocenters. The number of benzene rings is 1. The van der Waals surface area contributed by atoms with E-state index in [2.05, 4.69) is 37.0 Å². The van der Waals surface area contributed by atoms with Gasteiger partial charge in [0.1, 0.15) is 5.75 Å². The van der Waals surface area contributed by atoms with Crippen LogP contribution in [0.25, 0.3) is 0 Å². The number of rotatable bonds is 4. The van der Waals surface area contributed by atoms with Crippen molar-refractivity contribution in [3.63, 3.8) is 0 Å². The summed E-state index contributed by atoms with van der Waals surface area (Å²) in [5, 5.41) is 0. The largest absolute Gasteiger partial charge is 0.497 e. The third kappa shape index (κ3) is 3.37. The van der Waals surface area contributed by atoms with E-state index in [1.165, 1.54) is 11.1 Å². The molecule has 0 aliphatic carbocycles. The van der Waals surface area contributed by atoms with Crippen LogP contribution in [0.2, 0.25) is 0 Å². The van der Waals surface area contributed by atoms with Gasteiger partial charge in [-0.2, -0.15) is 0 Å². The van der Waals surface area contributed by atoms with E-state index in [0.29, 0.717) is 5.92 Å². The molecule has 1 aromatic carbocycles. The highest BCUT2D eigenvalue weighted by Gasteiger charge is 2.31. The third-order valence-electron chi connectivity index (χ3n) is 3.93. The van der Waals surface area contributed by atoms with Gasteiger partial charge in [0, 0.05) is 31.6 Å². The molecule has 3 nitrogen and oxygen atoms in total. The molecule has 2 N–H and O–H groups in total. The normalized spacial score (nSPS) is 24.7. The van der Waals surface area contributed by atoms with E-state index in [0.717, 1.165) is 25.4 Å². The van der Waals surface area contributed by atoms with Gasteiger partial charge in [0.15, 0.2) is 0 Å². The molecule has 0 radical (unpaired) electrons. The molecule has 1 aliphatic heterocycles. The minimum atomic E-state index is 0.205. The lowest BCUT2D eigenvalue weighted by Crippen LogP contribution is -2.29. The van der Waals surface area contributed by atoms with Crippen LogP contribution in [0, 0.1) is 0 Å². The van der Waals surface area contributed by atoms with Crippen LogP contribution in [-0.2, 0) is 0 Å². The average molecular weight is 260 g/mol. The van der Waals surface area contributed by atoms with Crippen molar-refractivity contribution in [2.24, 2.45) is 5.73 Å². The lowest BCUT2D eigenvalue weighted by atomic mass is 9.95. The molecule has 2 atom stereocenters. The molecule has 0 bridgehead atoms. The van der Waals surface area contributed by atoms with Gasteiger partial charge in [-0.15, -0.1) is 0 Å². The van der Waals surface area contributed by atoms with Crippen molar-refractivity contribution >= 4 is 0 Å². The maximum absolute atomic E-state index is 6.31. The summed E-state index contributed by atoms with van der Waals surface area (Å²) in [6.45, 7) is 7.27. The van der Waals surface area contributed by atoms with Crippen molar-refractivity contribution in [3.8, 4) is 5.75 Å². The summed E-state index contributed by atoms with van der Waals surface area (Å²) in [5.74, 6) is 1.31. The number of allylic oxidation sites excluding steroid dienone is 1. The Labute approximate surface area is 116 Å². The van der Waals surface area contributed by atoms with E-state index < -0.39 is 0 Å². The Hall–Kier alpha value is -1.32. The zero-order valence-corrected chi connectivity index (χ0v) is 12.1. The van der Waals surface area contributed by atoms with Crippen LogP contribution < -0.4 is 10.5 Å². The van der Waals surface area contributed by atoms with Crippen LogP contribution in [0.1, 0.15) is 25.3 Å². The summed E-state index contributed by atoms with van der Waals surface area (Å²) in [6.07, 6.45) is 2.17. The van der Waals surface area contributed by atoms with Gasteiger partial charge in [-0.1, -0.05) is 23.8 Å². The summed E-state index contributed by atoms with van der Waals surface area (Å²) >= 11 is 0. The van der Waals surface area contributed by atoms with Gasteiger partial charge in [-0.25, -0.2) is 0 Å². The summed E-state index contributed by atoms with van der Waals surface area (Å²) in [4.78, 5) is 2.43. The molecule has 1 heterocycles. The molecule has 0 saturated carbocycles. The number of hydrogen-bond donors (Lipinski definition) is 1. The van der Waals surface area contributed by atoms with Crippen LogP contribution in [0.4, 0.5) is 0 Å². The number of ether oxygens (including phenoxy) is 1. The second-order valence-electron chi connectivity index (χ2n) is 5.38. The number of nitrogens with two attached hydrogens (primary N) is 1. The topological polar surface area (TPSA) is 38.5 Å². The fourth-order valence-corrected chi connectivity index (χ4v) is 2.71. The van der Waals surface area contributed by atoms with Gasteiger partial charge < -0.3 is 10.5 Å². The molecule has 1 fully saturated rings. The second kappa shape index (κ2) is 6.22. The van der Waals surface area contributed by atoms with E-state index >= 15 is 0 Å². The number of nitrogens with zero attached hydrogens (tertiary/aromatic N) is 1. The molecule has 3 heteroatoms. The summed E-state index contributed by atoms with van der Waals surface area (Å²) in [7, 11) is 1.70. The molecule has 0 spiro atoms. The Morgan fingerprint density at radius 3 is 2.95 bits per heavy atom. The van der Waals surface area contributed by atoms with Crippen molar-refractivity contribution in [1.82, 2.24) is 4.90 Å². The van der Waals surface area contributed by atoms with E-state index in [-0.39, 0.29) is 6.04 Å². The molecule has 1 saturated heterocycles. The molecule has 0 amide bonds. The quantitative estimate of drug-likeness (QED) is 0.845. The zero-order chi connectivity index (χ0) is 13.8. The Morgan fingerprint density at radius 1 is 1.47 bits per heavy atom. The number of hydrogen-bond acceptors (Lipinski definition) is 3. The first-order valence-electron chi connectivity index (χ1n) is 6.87. The minimum Gasteiger partial charge on any atom is -0.497 e. The number of likely N-dealkylation sites (tertiary alicyclic amines) is 1. The Bertz CT molecular complexity index is 456. The minimum absolute atomic E-state index is 0.205. The smallest absolute Gasteiger partial charge is 0.119 e. The maximum atomic E-state index is 6.31. The van der Waals surface area contributed by atoms with Gasteiger partial charge >= 0.3 is 0 Å². The second-order valence-corrected chi connectivity index (χ2v) is 5.38. The Kier molecular flexibility index (Phi) is 4.61. The Balaban J connectivity index is 2.08. The van der Waals surface area contributed by atoms with E-state index in [1.54, 1.807) is 7.11 Å². The standard InChI is InChI=1S/C16H24N2O/c1-4-12(2)9-18-10-15(16(17)11-18)13-6-5-7-14(8-13)19-3/h4-8,15-16H,9-11,17H2,1-3H3/t15-,16+/m1/s1. The first kappa shape index (κ1) is 14.1. The van der Waals surface area contributed by atoms with Crippen LogP contribution in [0.15, 0.2) is 35.9 Å². The molecule has 2 rings (SSSR count). The summed E-state index contributed by atoms with van der Waals surface area (Å²) < 4.78 is 5.29. The van der Waals surface area contributed by atoms with E-state index in [9.17, 15) is 0 Å². The Morgan fingerprint density at radius 2 is 2.26 bits per heavy atom. The van der Waals surface area contributed by atoms with Gasteiger partial charge in [0.25, 0.3) is 0 Å². The average Bonchev–Trinajstić information content (AvgIpc) is 2.79. The van der Waals surface area contributed by atoms with Crippen LogP contribution in [0.3, 0.4) is 0 Å². The monoisotopic (exact) mass is 260 g/mol. The molecule has 19 heavy (non-hydrogen) atoms. The van der Waals surface area contributed by atoms with Gasteiger partial charge in [-0.05, 0) is 31.5 Å². The van der Waals surface area contributed by atoms with Crippen molar-refractivity contribution in [2.75, 3.05) is 26.7 Å². The van der Waals surface area contributed by atoms with Gasteiger partial charge in [-0.3, -0.25) is 4.90 Å². The predicted octanol–water partition coefficient (Wildman–Crippen LogP) is 2.39. The lowest BCUT2D eigenvalue weighted by molar-refractivity contribution is 0.359. The highest BCUT2D eigenvalue weighted by atomic mass is 16.5. The van der Waals surface area contributed by atoms with Crippen LogP contribution >= 0.6 is 0 Å². The highest BCUT2D eigenvalue weighted by Crippen LogP contribution is 2.29. The van der Waals surface area contributed by atoms with Crippen molar-refractivity contribution in [3.05, 3.63) is 41.5 Å². The fourth-order valence-electron chi connectivity index (χ4n) is 2.71. The SMILES string of the molecule is CC=C(C)CN1C[C@H](c2cccc(OC)c2)[C@@H](N)C1. The molecular weight excluding hydrogens is 236 g/mol. The fraction of sp³-hybridized carbons (Fsp3) is 0.500. The molecule has 104 valence electrons. The van der Waals surface area contributed by atoms with Crippen molar-refractivity contribution in [1.29, 1.82) is 0 Å². The summed E-state index contributed by atoms with van der Waals surface area (Å²) in [5.41, 5.74) is 8.99. The molecule has 1 aliphatic rings. The van der Waals surface area contributed by atoms with Crippen LogP contribution in [-0.4, -0.2) is 37.7 Å². The van der Waals surface area contributed by atoms with Gasteiger partial charge in [0.2, 0.25) is 0 Å². The maximum Gasteiger partial charge on any atom is 0.119 e. The van der Waals surface area contributed by atoms with Crippen molar-refractivity contribution < 1.29 is 4.74 Å². The molecule has 1 aromatic rings. The number of methoxy groups -OCH3 is 1. The first-order valence-corrected chi connectivity index (χ1v) is 6.87.